The molecule has 0 bridgehead atoms. The molecule has 0 spiro atoms. The number of hydrogen-bond donors (Lipinski definition) is 1. The summed E-state index contributed by atoms with van der Waals surface area (Å²) in [5, 5.41) is 9.44. The summed E-state index contributed by atoms with van der Waals surface area (Å²) in [4.78, 5) is 19.4. The number of aliphatic imine (C=N–C) groups is 1. The van der Waals surface area contributed by atoms with Crippen molar-refractivity contribution in [2.75, 3.05) is 0 Å². The summed E-state index contributed by atoms with van der Waals surface area (Å²) in [7, 11) is 0. The van der Waals surface area contributed by atoms with Crippen LogP contribution in [0.3, 0.4) is 0 Å². The van der Waals surface area contributed by atoms with Crippen molar-refractivity contribution in [2.24, 2.45) is 4.99 Å². The maximum atomic E-state index is 13.1. The first-order valence-electron chi connectivity index (χ1n) is 8.71. The fourth-order valence-corrected chi connectivity index (χ4v) is 3.00. The van der Waals surface area contributed by atoms with E-state index in [-0.39, 0.29) is 11.7 Å². The first-order valence-corrected chi connectivity index (χ1v) is 8.71. The molecule has 4 nitrogen and oxygen atoms in total. The first kappa shape index (κ1) is 16.8. The Hall–Kier alpha value is -3.66. The second-order valence-electron chi connectivity index (χ2n) is 6.30. The van der Waals surface area contributed by atoms with Gasteiger partial charge in [-0.1, -0.05) is 72.8 Å². The summed E-state index contributed by atoms with van der Waals surface area (Å²) in [6, 6.07) is 26.3. The second kappa shape index (κ2) is 7.30. The molecule has 0 radical (unpaired) electrons. The van der Waals surface area contributed by atoms with Crippen molar-refractivity contribution in [1.82, 2.24) is 4.90 Å². The molecule has 0 saturated carbocycles. The van der Waals surface area contributed by atoms with Gasteiger partial charge in [0.05, 0.1) is 6.54 Å². The van der Waals surface area contributed by atoms with Gasteiger partial charge in [-0.2, -0.15) is 0 Å². The standard InChI is InChI=1S/C23H18N2O2/c26-20-13-11-17(12-14-20)15-21-23(27)25(16-18-7-3-1-4-8-18)22(24-21)19-9-5-2-6-10-19/h1-15,26H,16H2/b21-15-. The van der Waals surface area contributed by atoms with Crippen LogP contribution in [0.4, 0.5) is 0 Å². The number of benzene rings is 3. The molecule has 1 N–H and O–H groups in total. The van der Waals surface area contributed by atoms with E-state index in [1.165, 1.54) is 0 Å². The Balaban J connectivity index is 1.72. The van der Waals surface area contributed by atoms with E-state index in [4.69, 9.17) is 0 Å². The number of phenolic OH excluding ortho intramolecular Hbond substituents is 1. The molecule has 0 aliphatic carbocycles. The van der Waals surface area contributed by atoms with Gasteiger partial charge in [0, 0.05) is 5.56 Å². The van der Waals surface area contributed by atoms with Crippen molar-refractivity contribution in [3.8, 4) is 5.75 Å². The zero-order valence-corrected chi connectivity index (χ0v) is 14.6. The van der Waals surface area contributed by atoms with E-state index in [1.807, 2.05) is 60.7 Å². The van der Waals surface area contributed by atoms with Gasteiger partial charge in [0.2, 0.25) is 0 Å². The molecule has 4 rings (SSSR count). The van der Waals surface area contributed by atoms with Gasteiger partial charge in [-0.25, -0.2) is 4.99 Å². The predicted molar refractivity (Wildman–Crippen MR) is 106 cm³/mol. The molecule has 0 aromatic heterocycles. The van der Waals surface area contributed by atoms with Gasteiger partial charge in [0.1, 0.15) is 17.3 Å². The third-order valence-corrected chi connectivity index (χ3v) is 4.36. The van der Waals surface area contributed by atoms with E-state index in [1.54, 1.807) is 35.2 Å². The number of carbonyl (C=O) groups excluding carboxylic acids is 1. The van der Waals surface area contributed by atoms with Crippen LogP contribution in [0, 0.1) is 0 Å². The molecule has 0 unspecified atom stereocenters. The molecule has 3 aromatic carbocycles. The first-order chi connectivity index (χ1) is 13.2. The largest absolute Gasteiger partial charge is 0.508 e. The third-order valence-electron chi connectivity index (χ3n) is 4.36. The summed E-state index contributed by atoms with van der Waals surface area (Å²) in [5.74, 6) is 0.703. The fraction of sp³-hybridized carbons (Fsp3) is 0.0435. The normalized spacial score (nSPS) is 15.3. The van der Waals surface area contributed by atoms with Crippen LogP contribution < -0.4 is 0 Å². The Morgan fingerprint density at radius 1 is 0.852 bits per heavy atom. The lowest BCUT2D eigenvalue weighted by molar-refractivity contribution is -0.123. The lowest BCUT2D eigenvalue weighted by Crippen LogP contribution is -2.32. The molecule has 0 atom stereocenters. The molecule has 132 valence electrons. The molecule has 1 heterocycles. The predicted octanol–water partition coefficient (Wildman–Crippen LogP) is 4.22. The zero-order valence-electron chi connectivity index (χ0n) is 14.6. The number of nitrogens with zero attached hydrogens (tertiary/aromatic N) is 2. The van der Waals surface area contributed by atoms with Crippen LogP contribution in [0.25, 0.3) is 6.08 Å². The van der Waals surface area contributed by atoms with Crippen molar-refractivity contribution < 1.29 is 9.90 Å². The van der Waals surface area contributed by atoms with Gasteiger partial charge in [0.15, 0.2) is 0 Å². The lowest BCUT2D eigenvalue weighted by atomic mass is 10.1. The molecular formula is C23H18N2O2. The molecule has 1 aliphatic heterocycles. The fourth-order valence-electron chi connectivity index (χ4n) is 3.00. The Bertz CT molecular complexity index is 1010. The Morgan fingerprint density at radius 3 is 2.15 bits per heavy atom. The smallest absolute Gasteiger partial charge is 0.278 e. The zero-order chi connectivity index (χ0) is 18.6. The van der Waals surface area contributed by atoms with Gasteiger partial charge in [-0.15, -0.1) is 0 Å². The summed E-state index contributed by atoms with van der Waals surface area (Å²) in [5.41, 5.74) is 3.14. The quantitative estimate of drug-likeness (QED) is 0.713. The van der Waals surface area contributed by atoms with Crippen LogP contribution in [0.15, 0.2) is 95.6 Å². The van der Waals surface area contributed by atoms with Gasteiger partial charge >= 0.3 is 0 Å². The van der Waals surface area contributed by atoms with Crippen LogP contribution in [0.1, 0.15) is 16.7 Å². The van der Waals surface area contributed by atoms with Gasteiger partial charge in [-0.05, 0) is 29.3 Å². The summed E-state index contributed by atoms with van der Waals surface area (Å²) >= 11 is 0. The highest BCUT2D eigenvalue weighted by Gasteiger charge is 2.31. The van der Waals surface area contributed by atoms with E-state index in [0.717, 1.165) is 16.7 Å². The Kier molecular flexibility index (Phi) is 4.54. The lowest BCUT2D eigenvalue weighted by Gasteiger charge is -2.18. The summed E-state index contributed by atoms with van der Waals surface area (Å²) in [6.07, 6.45) is 1.75. The Morgan fingerprint density at radius 2 is 1.48 bits per heavy atom. The molecule has 1 aliphatic rings. The highest BCUT2D eigenvalue weighted by atomic mass is 16.3. The monoisotopic (exact) mass is 354 g/mol. The van der Waals surface area contributed by atoms with Gasteiger partial charge < -0.3 is 5.11 Å². The number of amides is 1. The van der Waals surface area contributed by atoms with Crippen LogP contribution in [0.5, 0.6) is 5.75 Å². The average molecular weight is 354 g/mol. The maximum absolute atomic E-state index is 13.1. The second-order valence-corrected chi connectivity index (χ2v) is 6.30. The van der Waals surface area contributed by atoms with Crippen LogP contribution in [0.2, 0.25) is 0 Å². The van der Waals surface area contributed by atoms with Crippen molar-refractivity contribution in [3.63, 3.8) is 0 Å². The summed E-state index contributed by atoms with van der Waals surface area (Å²) < 4.78 is 0. The van der Waals surface area contributed by atoms with Crippen molar-refractivity contribution >= 4 is 17.8 Å². The van der Waals surface area contributed by atoms with Crippen molar-refractivity contribution in [2.45, 2.75) is 6.54 Å². The maximum Gasteiger partial charge on any atom is 0.278 e. The summed E-state index contributed by atoms with van der Waals surface area (Å²) in [6.45, 7) is 0.459. The van der Waals surface area contributed by atoms with Crippen molar-refractivity contribution in [1.29, 1.82) is 0 Å². The molecule has 4 heteroatoms. The van der Waals surface area contributed by atoms with E-state index < -0.39 is 0 Å². The molecule has 0 fully saturated rings. The number of rotatable bonds is 4. The molecular weight excluding hydrogens is 336 g/mol. The number of amidine groups is 1. The molecule has 0 saturated heterocycles. The Labute approximate surface area is 157 Å². The minimum atomic E-state index is -0.134. The van der Waals surface area contributed by atoms with Crippen molar-refractivity contribution in [3.05, 3.63) is 107 Å². The van der Waals surface area contributed by atoms with E-state index in [0.29, 0.717) is 18.1 Å². The number of aromatic hydroxyl groups is 1. The topological polar surface area (TPSA) is 52.9 Å². The van der Waals surface area contributed by atoms with Crippen LogP contribution >= 0.6 is 0 Å². The van der Waals surface area contributed by atoms with Crippen LogP contribution in [-0.4, -0.2) is 21.7 Å². The molecule has 27 heavy (non-hydrogen) atoms. The van der Waals surface area contributed by atoms with Gasteiger partial charge in [0.25, 0.3) is 5.91 Å². The SMILES string of the molecule is O=C1/C(=C/c2ccc(O)cc2)N=C(c2ccccc2)N1Cc1ccccc1. The minimum absolute atomic E-state index is 0.134. The van der Waals surface area contributed by atoms with Gasteiger partial charge in [-0.3, -0.25) is 9.69 Å². The van der Waals surface area contributed by atoms with E-state index in [9.17, 15) is 9.90 Å². The number of hydrogen-bond acceptors (Lipinski definition) is 3. The average Bonchev–Trinajstić information content (AvgIpc) is 3.01. The van der Waals surface area contributed by atoms with E-state index >= 15 is 0 Å². The van der Waals surface area contributed by atoms with E-state index in [2.05, 4.69) is 4.99 Å². The molecule has 3 aromatic rings. The minimum Gasteiger partial charge on any atom is -0.508 e. The highest BCUT2D eigenvalue weighted by molar-refractivity contribution is 6.19. The number of carbonyl (C=O) groups is 1. The van der Waals surface area contributed by atoms with Crippen LogP contribution in [-0.2, 0) is 11.3 Å². The number of phenols is 1. The third kappa shape index (κ3) is 3.65. The molecule has 1 amide bonds. The highest BCUT2D eigenvalue weighted by Crippen LogP contribution is 2.24.